The van der Waals surface area contributed by atoms with Crippen LogP contribution in [0, 0.1) is 11.3 Å². The Kier molecular flexibility index (Phi) is 7.06. The molecule has 1 aliphatic carbocycles. The van der Waals surface area contributed by atoms with Gasteiger partial charge in [0.15, 0.2) is 0 Å². The SMILES string of the molecule is CCC(C)(C)C(=O)OCCOC(=O)CCC(=O)OC1(C)CCC2CC1OC2=O. The second kappa shape index (κ2) is 8.92. The van der Waals surface area contributed by atoms with E-state index in [0.29, 0.717) is 25.7 Å². The normalized spacial score (nSPS) is 26.4. The zero-order valence-electron chi connectivity index (χ0n) is 17.1. The molecule has 0 aromatic rings. The summed E-state index contributed by atoms with van der Waals surface area (Å²) in [6.07, 6.45) is 1.73. The van der Waals surface area contributed by atoms with E-state index in [2.05, 4.69) is 0 Å². The van der Waals surface area contributed by atoms with Gasteiger partial charge in [-0.2, -0.15) is 0 Å². The van der Waals surface area contributed by atoms with Crippen LogP contribution < -0.4 is 0 Å². The van der Waals surface area contributed by atoms with E-state index >= 15 is 0 Å². The lowest BCUT2D eigenvalue weighted by Gasteiger charge is -2.36. The van der Waals surface area contributed by atoms with Crippen molar-refractivity contribution in [3.63, 3.8) is 0 Å². The Morgan fingerprint density at radius 2 is 1.79 bits per heavy atom. The summed E-state index contributed by atoms with van der Waals surface area (Å²) < 4.78 is 20.9. The molecule has 8 heteroatoms. The van der Waals surface area contributed by atoms with Gasteiger partial charge in [-0.15, -0.1) is 0 Å². The highest BCUT2D eigenvalue weighted by atomic mass is 16.6. The first kappa shape index (κ1) is 22.2. The van der Waals surface area contributed by atoms with Crippen LogP contribution in [0.2, 0.25) is 0 Å². The lowest BCUT2D eigenvalue weighted by molar-refractivity contribution is -0.178. The number of fused-ring (bicyclic) bond motifs is 2. The van der Waals surface area contributed by atoms with Crippen molar-refractivity contribution in [2.45, 2.75) is 77.9 Å². The first-order chi connectivity index (χ1) is 13.1. The molecule has 2 aliphatic rings. The van der Waals surface area contributed by atoms with Gasteiger partial charge in [-0.25, -0.2) is 0 Å². The van der Waals surface area contributed by atoms with Crippen LogP contribution in [0.3, 0.4) is 0 Å². The van der Waals surface area contributed by atoms with E-state index < -0.39 is 29.1 Å². The zero-order chi connectivity index (χ0) is 20.9. The molecular weight excluding hydrogens is 368 g/mol. The molecule has 28 heavy (non-hydrogen) atoms. The monoisotopic (exact) mass is 398 g/mol. The molecule has 2 fully saturated rings. The second-order valence-electron chi connectivity index (χ2n) is 8.28. The van der Waals surface area contributed by atoms with E-state index in [1.165, 1.54) is 0 Å². The molecular formula is C20H30O8. The minimum absolute atomic E-state index is 0.0231. The summed E-state index contributed by atoms with van der Waals surface area (Å²) in [4.78, 5) is 47.3. The first-order valence-corrected chi connectivity index (χ1v) is 9.82. The largest absolute Gasteiger partial charge is 0.462 e. The number of hydrogen-bond donors (Lipinski definition) is 0. The summed E-state index contributed by atoms with van der Waals surface area (Å²) >= 11 is 0. The lowest BCUT2D eigenvalue weighted by Crippen LogP contribution is -2.45. The molecule has 2 rings (SSSR count). The van der Waals surface area contributed by atoms with Crippen molar-refractivity contribution in [2.75, 3.05) is 13.2 Å². The Morgan fingerprint density at radius 3 is 2.46 bits per heavy atom. The van der Waals surface area contributed by atoms with E-state index in [0.717, 1.165) is 0 Å². The van der Waals surface area contributed by atoms with Gasteiger partial charge in [-0.3, -0.25) is 19.2 Å². The van der Waals surface area contributed by atoms with E-state index in [9.17, 15) is 19.2 Å². The number of carbonyl (C=O) groups excluding carboxylic acids is 4. The van der Waals surface area contributed by atoms with Crippen LogP contribution in [0.5, 0.6) is 0 Å². The molecule has 0 radical (unpaired) electrons. The van der Waals surface area contributed by atoms with E-state index in [1.807, 2.05) is 6.92 Å². The summed E-state index contributed by atoms with van der Waals surface area (Å²) in [6.45, 7) is 7.14. The summed E-state index contributed by atoms with van der Waals surface area (Å²) in [7, 11) is 0. The first-order valence-electron chi connectivity index (χ1n) is 9.82. The van der Waals surface area contributed by atoms with Gasteiger partial charge in [0.05, 0.1) is 24.2 Å². The molecule has 8 nitrogen and oxygen atoms in total. The third-order valence-corrected chi connectivity index (χ3v) is 5.66. The third kappa shape index (κ3) is 5.45. The lowest BCUT2D eigenvalue weighted by atomic mass is 9.80. The number of ether oxygens (including phenoxy) is 4. The van der Waals surface area contributed by atoms with Gasteiger partial charge < -0.3 is 18.9 Å². The predicted octanol–water partition coefficient (Wildman–Crippen LogP) is 2.32. The van der Waals surface area contributed by atoms with Crippen LogP contribution in [-0.4, -0.2) is 48.8 Å². The molecule has 0 amide bonds. The average Bonchev–Trinajstić information content (AvgIpc) is 2.98. The molecule has 3 unspecified atom stereocenters. The van der Waals surface area contributed by atoms with Crippen LogP contribution in [0.15, 0.2) is 0 Å². The van der Waals surface area contributed by atoms with Crippen molar-refractivity contribution in [3.8, 4) is 0 Å². The highest BCUT2D eigenvalue weighted by Gasteiger charge is 2.52. The quantitative estimate of drug-likeness (QED) is 0.331. The number of carbonyl (C=O) groups is 4. The predicted molar refractivity (Wildman–Crippen MR) is 96.9 cm³/mol. The maximum Gasteiger partial charge on any atom is 0.311 e. The van der Waals surface area contributed by atoms with Crippen molar-refractivity contribution < 1.29 is 38.1 Å². The van der Waals surface area contributed by atoms with Gasteiger partial charge in [0, 0.05) is 6.42 Å². The van der Waals surface area contributed by atoms with Crippen LogP contribution in [0.25, 0.3) is 0 Å². The number of esters is 4. The summed E-state index contributed by atoms with van der Waals surface area (Å²) in [5.74, 6) is -1.76. The van der Waals surface area contributed by atoms with Gasteiger partial charge in [-0.1, -0.05) is 6.92 Å². The fourth-order valence-corrected chi connectivity index (χ4v) is 3.20. The number of rotatable bonds is 9. The van der Waals surface area contributed by atoms with Crippen molar-refractivity contribution in [1.29, 1.82) is 0 Å². The minimum atomic E-state index is -0.843. The fraction of sp³-hybridized carbons (Fsp3) is 0.800. The molecule has 3 atom stereocenters. The Labute approximate surface area is 165 Å². The smallest absolute Gasteiger partial charge is 0.311 e. The van der Waals surface area contributed by atoms with Crippen molar-refractivity contribution >= 4 is 23.9 Å². The topological polar surface area (TPSA) is 105 Å². The molecule has 0 spiro atoms. The fourth-order valence-electron chi connectivity index (χ4n) is 3.20. The maximum absolute atomic E-state index is 12.1. The molecule has 0 aromatic heterocycles. The average molecular weight is 398 g/mol. The van der Waals surface area contributed by atoms with Crippen molar-refractivity contribution in [1.82, 2.24) is 0 Å². The van der Waals surface area contributed by atoms with Gasteiger partial charge in [0.25, 0.3) is 0 Å². The highest BCUT2D eigenvalue weighted by molar-refractivity contribution is 5.79. The Hall–Kier alpha value is -2.12. The minimum Gasteiger partial charge on any atom is -0.462 e. The zero-order valence-corrected chi connectivity index (χ0v) is 17.1. The second-order valence-corrected chi connectivity index (χ2v) is 8.28. The maximum atomic E-state index is 12.1. The van der Waals surface area contributed by atoms with Gasteiger partial charge in [0.1, 0.15) is 24.9 Å². The van der Waals surface area contributed by atoms with Crippen LogP contribution in [-0.2, 0) is 38.1 Å². The molecule has 0 N–H and O–H groups in total. The number of hydrogen-bond acceptors (Lipinski definition) is 8. The van der Waals surface area contributed by atoms with Gasteiger partial charge >= 0.3 is 23.9 Å². The van der Waals surface area contributed by atoms with Crippen molar-refractivity contribution in [2.24, 2.45) is 11.3 Å². The highest BCUT2D eigenvalue weighted by Crippen LogP contribution is 2.42. The molecule has 0 aromatic carbocycles. The molecule has 1 saturated heterocycles. The summed E-state index contributed by atoms with van der Waals surface area (Å²) in [5.41, 5.74) is -1.42. The summed E-state index contributed by atoms with van der Waals surface area (Å²) in [5, 5.41) is 0. The Balaban J connectivity index is 1.64. The van der Waals surface area contributed by atoms with Gasteiger partial charge in [0.2, 0.25) is 0 Å². The van der Waals surface area contributed by atoms with E-state index in [4.69, 9.17) is 18.9 Å². The Morgan fingerprint density at radius 1 is 1.14 bits per heavy atom. The third-order valence-electron chi connectivity index (χ3n) is 5.66. The molecule has 1 heterocycles. The van der Waals surface area contributed by atoms with Crippen LogP contribution >= 0.6 is 0 Å². The molecule has 2 bridgehead atoms. The molecule has 158 valence electrons. The van der Waals surface area contributed by atoms with E-state index in [1.54, 1.807) is 20.8 Å². The molecule has 1 aliphatic heterocycles. The van der Waals surface area contributed by atoms with Crippen molar-refractivity contribution in [3.05, 3.63) is 0 Å². The Bertz CT molecular complexity index is 626. The van der Waals surface area contributed by atoms with Gasteiger partial charge in [-0.05, 0) is 40.0 Å². The van der Waals surface area contributed by atoms with Crippen LogP contribution in [0.1, 0.15) is 66.2 Å². The standard InChI is InChI=1S/C20H30O8/c1-5-19(2,3)18(24)26-11-10-25-15(21)6-7-16(22)28-20(4)9-8-13-12-14(20)27-17(13)23/h13-14H,5-12H2,1-4H3. The van der Waals surface area contributed by atoms with Crippen LogP contribution in [0.4, 0.5) is 0 Å². The van der Waals surface area contributed by atoms with E-state index in [-0.39, 0.29) is 43.9 Å². The summed E-state index contributed by atoms with van der Waals surface area (Å²) in [6, 6.07) is 0. The molecule has 1 saturated carbocycles.